The molecule has 3 heteroatoms. The van der Waals surface area contributed by atoms with E-state index in [1.165, 1.54) is 0 Å². The summed E-state index contributed by atoms with van der Waals surface area (Å²) in [4.78, 5) is 10.3. The second kappa shape index (κ2) is 18.2. The van der Waals surface area contributed by atoms with Gasteiger partial charge in [-0.15, -0.1) is 0 Å². The number of hydrogen-bond donors (Lipinski definition) is 2. The third-order valence-electron chi connectivity index (χ3n) is 3.20. The molecule has 25 heavy (non-hydrogen) atoms. The van der Waals surface area contributed by atoms with Gasteiger partial charge in [-0.2, -0.15) is 0 Å². The Kier molecular flexibility index (Phi) is 16.7. The van der Waals surface area contributed by atoms with Gasteiger partial charge in [0.25, 0.3) is 0 Å². The molecular formula is C22H32O3. The van der Waals surface area contributed by atoms with Crippen molar-refractivity contribution in [2.75, 3.05) is 0 Å². The van der Waals surface area contributed by atoms with Gasteiger partial charge in [0.15, 0.2) is 0 Å². The highest BCUT2D eigenvalue weighted by atomic mass is 16.4. The van der Waals surface area contributed by atoms with Crippen molar-refractivity contribution in [3.8, 4) is 0 Å². The molecule has 0 aromatic heterocycles. The molecule has 0 aliphatic heterocycles. The summed E-state index contributed by atoms with van der Waals surface area (Å²) in [5.41, 5.74) is 0. The van der Waals surface area contributed by atoms with Gasteiger partial charge in [-0.1, -0.05) is 79.8 Å². The number of hydrogen-bond acceptors (Lipinski definition) is 2. The van der Waals surface area contributed by atoms with Crippen molar-refractivity contribution in [3.63, 3.8) is 0 Å². The highest BCUT2D eigenvalue weighted by molar-refractivity contribution is 5.66. The molecule has 0 unspecified atom stereocenters. The molecule has 0 aromatic carbocycles. The van der Waals surface area contributed by atoms with Gasteiger partial charge in [0.2, 0.25) is 0 Å². The van der Waals surface area contributed by atoms with Crippen LogP contribution < -0.4 is 0 Å². The number of carboxylic acids is 1. The lowest BCUT2D eigenvalue weighted by molar-refractivity contribution is -0.136. The standard InChI is InChI=1S/C22H32O3/c1-2-3-4-15-18-21(23)19-16-13-11-9-7-5-6-8-10-12-14-17-20-22(24)25/h3-4,6-9,12-16,18,21,23H,2,5,10-11,17,19-20H2,1H3,(H,24,25)/b4-3-,8-6-,9-7-,14-12-,16-13-,18-15+/t21-/m0/s1. The zero-order valence-corrected chi connectivity index (χ0v) is 15.3. The molecule has 0 spiro atoms. The summed E-state index contributed by atoms with van der Waals surface area (Å²) in [7, 11) is 0. The van der Waals surface area contributed by atoms with Gasteiger partial charge in [-0.25, -0.2) is 0 Å². The van der Waals surface area contributed by atoms with Crippen molar-refractivity contribution < 1.29 is 15.0 Å². The molecule has 0 aromatic rings. The van der Waals surface area contributed by atoms with E-state index >= 15 is 0 Å². The molecule has 2 N–H and O–H groups in total. The van der Waals surface area contributed by atoms with Crippen molar-refractivity contribution in [2.24, 2.45) is 0 Å². The number of aliphatic carboxylic acids is 1. The third kappa shape index (κ3) is 19.8. The zero-order chi connectivity index (χ0) is 18.6. The molecule has 0 aliphatic rings. The molecule has 0 fully saturated rings. The maximum Gasteiger partial charge on any atom is 0.303 e. The van der Waals surface area contributed by atoms with Gasteiger partial charge in [-0.3, -0.25) is 4.79 Å². The first-order valence-corrected chi connectivity index (χ1v) is 9.00. The Labute approximate surface area is 152 Å². The minimum absolute atomic E-state index is 0.194. The fourth-order valence-electron chi connectivity index (χ4n) is 1.86. The van der Waals surface area contributed by atoms with E-state index in [2.05, 4.69) is 37.3 Å². The number of aliphatic hydroxyl groups is 1. The average molecular weight is 344 g/mol. The first-order chi connectivity index (χ1) is 12.2. The zero-order valence-electron chi connectivity index (χ0n) is 15.3. The Morgan fingerprint density at radius 3 is 1.96 bits per heavy atom. The average Bonchev–Trinajstić information content (AvgIpc) is 2.58. The fraction of sp³-hybridized carbons (Fsp3) is 0.409. The first-order valence-electron chi connectivity index (χ1n) is 9.00. The highest BCUT2D eigenvalue weighted by Crippen LogP contribution is 1.99. The van der Waals surface area contributed by atoms with Crippen molar-refractivity contribution in [1.82, 2.24) is 0 Å². The van der Waals surface area contributed by atoms with Gasteiger partial charge in [0.1, 0.15) is 0 Å². The molecule has 0 amide bonds. The summed E-state index contributed by atoms with van der Waals surface area (Å²) in [6, 6.07) is 0. The fourth-order valence-corrected chi connectivity index (χ4v) is 1.86. The quantitative estimate of drug-likeness (QED) is 0.322. The molecule has 0 radical (unpaired) electrons. The van der Waals surface area contributed by atoms with E-state index in [0.29, 0.717) is 12.8 Å². The molecule has 0 rings (SSSR count). The van der Waals surface area contributed by atoms with Crippen molar-refractivity contribution >= 4 is 5.97 Å². The molecule has 138 valence electrons. The maximum atomic E-state index is 10.3. The number of carbonyl (C=O) groups is 1. The van der Waals surface area contributed by atoms with Gasteiger partial charge in [0.05, 0.1) is 6.10 Å². The lowest BCUT2D eigenvalue weighted by Crippen LogP contribution is -1.98. The molecule has 0 heterocycles. The van der Waals surface area contributed by atoms with Crippen LogP contribution in [0.15, 0.2) is 72.9 Å². The second-order valence-electron chi connectivity index (χ2n) is 5.55. The lowest BCUT2D eigenvalue weighted by atomic mass is 10.2. The number of carboxylic acid groups (broad SMARTS) is 1. The normalized spacial score (nSPS) is 14.3. The van der Waals surface area contributed by atoms with E-state index in [1.807, 2.05) is 36.5 Å². The minimum atomic E-state index is -0.755. The van der Waals surface area contributed by atoms with E-state index in [4.69, 9.17) is 5.11 Å². The van der Waals surface area contributed by atoms with Crippen LogP contribution in [0.4, 0.5) is 0 Å². The van der Waals surface area contributed by atoms with Crippen LogP contribution in [0.25, 0.3) is 0 Å². The summed E-state index contributed by atoms with van der Waals surface area (Å²) >= 11 is 0. The molecule has 0 saturated heterocycles. The molecule has 0 saturated carbocycles. The lowest BCUT2D eigenvalue weighted by Gasteiger charge is -1.98. The summed E-state index contributed by atoms with van der Waals surface area (Å²) in [5.74, 6) is -0.755. The molecule has 3 nitrogen and oxygen atoms in total. The van der Waals surface area contributed by atoms with Crippen LogP contribution in [-0.2, 0) is 4.79 Å². The summed E-state index contributed by atoms with van der Waals surface area (Å²) in [6.07, 6.45) is 28.6. The predicted octanol–water partition coefficient (Wildman–Crippen LogP) is 5.52. The van der Waals surface area contributed by atoms with E-state index in [-0.39, 0.29) is 6.42 Å². The number of rotatable bonds is 14. The Morgan fingerprint density at radius 2 is 1.40 bits per heavy atom. The summed E-state index contributed by atoms with van der Waals surface area (Å²) in [6.45, 7) is 2.08. The Bertz CT molecular complexity index is 493. The van der Waals surface area contributed by atoms with Crippen molar-refractivity contribution in [2.45, 2.75) is 58.0 Å². The van der Waals surface area contributed by atoms with Gasteiger partial charge < -0.3 is 10.2 Å². The van der Waals surface area contributed by atoms with Crippen LogP contribution >= 0.6 is 0 Å². The van der Waals surface area contributed by atoms with Crippen LogP contribution in [0.1, 0.15) is 51.9 Å². The first kappa shape index (κ1) is 22.9. The molecule has 0 aliphatic carbocycles. The SMILES string of the molecule is CC/C=C\C=C\[C@H](O)C/C=C\C/C=C\C/C=C\C/C=C\CCC(=O)O. The van der Waals surface area contributed by atoms with Crippen molar-refractivity contribution in [1.29, 1.82) is 0 Å². The Balaban J connectivity index is 3.65. The van der Waals surface area contributed by atoms with Crippen LogP contribution in [0, 0.1) is 0 Å². The molecular weight excluding hydrogens is 312 g/mol. The highest BCUT2D eigenvalue weighted by Gasteiger charge is 1.92. The molecule has 0 bridgehead atoms. The maximum absolute atomic E-state index is 10.3. The van der Waals surface area contributed by atoms with Crippen LogP contribution in [0.5, 0.6) is 0 Å². The topological polar surface area (TPSA) is 57.5 Å². The largest absolute Gasteiger partial charge is 0.481 e. The van der Waals surface area contributed by atoms with E-state index in [1.54, 1.807) is 6.08 Å². The number of allylic oxidation sites excluding steroid dienone is 10. The number of aliphatic hydroxyl groups excluding tert-OH is 1. The van der Waals surface area contributed by atoms with E-state index in [9.17, 15) is 9.90 Å². The summed E-state index contributed by atoms with van der Waals surface area (Å²) in [5, 5.41) is 18.2. The summed E-state index contributed by atoms with van der Waals surface area (Å²) < 4.78 is 0. The minimum Gasteiger partial charge on any atom is -0.481 e. The van der Waals surface area contributed by atoms with Crippen LogP contribution in [0.3, 0.4) is 0 Å². The van der Waals surface area contributed by atoms with Crippen LogP contribution in [-0.4, -0.2) is 22.3 Å². The van der Waals surface area contributed by atoms with Gasteiger partial charge in [0, 0.05) is 6.42 Å². The smallest absolute Gasteiger partial charge is 0.303 e. The van der Waals surface area contributed by atoms with E-state index < -0.39 is 12.1 Å². The predicted molar refractivity (Wildman–Crippen MR) is 106 cm³/mol. The second-order valence-corrected chi connectivity index (χ2v) is 5.55. The Hall–Kier alpha value is -2.13. The third-order valence-corrected chi connectivity index (χ3v) is 3.20. The van der Waals surface area contributed by atoms with E-state index in [0.717, 1.165) is 25.7 Å². The monoisotopic (exact) mass is 344 g/mol. The Morgan fingerprint density at radius 1 is 0.840 bits per heavy atom. The molecule has 1 atom stereocenters. The van der Waals surface area contributed by atoms with Crippen molar-refractivity contribution in [3.05, 3.63) is 72.9 Å². The van der Waals surface area contributed by atoms with Gasteiger partial charge >= 0.3 is 5.97 Å². The van der Waals surface area contributed by atoms with Crippen LogP contribution in [0.2, 0.25) is 0 Å². The van der Waals surface area contributed by atoms with Gasteiger partial charge in [-0.05, 0) is 38.5 Å².